The Hall–Kier alpha value is -3.65. The van der Waals surface area contributed by atoms with Crippen molar-refractivity contribution < 1.29 is 53.0 Å². The number of hydrogen-bond donors (Lipinski definition) is 3. The van der Waals surface area contributed by atoms with Crippen molar-refractivity contribution in [1.82, 2.24) is 4.90 Å². The average Bonchev–Trinajstić information content (AvgIpc) is 3.64. The van der Waals surface area contributed by atoms with E-state index < -0.39 is 35.8 Å². The number of ketones is 1. The third kappa shape index (κ3) is 7.60. The van der Waals surface area contributed by atoms with Gasteiger partial charge in [0, 0.05) is 42.3 Å². The molecule has 14 heteroatoms. The summed E-state index contributed by atoms with van der Waals surface area (Å²) in [5, 5.41) is 29.7. The predicted molar refractivity (Wildman–Crippen MR) is 164 cm³/mol. The number of carboxylic acid groups (broad SMARTS) is 2. The summed E-state index contributed by atoms with van der Waals surface area (Å²) in [7, 11) is 2.84. The second kappa shape index (κ2) is 14.6. The number of nitrogens with zero attached hydrogens (tertiary/aromatic N) is 1. The molecule has 11 nitrogen and oxygen atoms in total. The summed E-state index contributed by atoms with van der Waals surface area (Å²) in [5.74, 6) is -3.82. The summed E-state index contributed by atoms with van der Waals surface area (Å²) in [6.07, 6.45) is -0.894. The smallest absolute Gasteiger partial charge is 0.306 e. The minimum Gasteiger partial charge on any atom is -0.493 e. The van der Waals surface area contributed by atoms with Crippen LogP contribution in [-0.4, -0.2) is 71.6 Å². The highest BCUT2D eigenvalue weighted by atomic mass is 35.5. The van der Waals surface area contributed by atoms with Crippen LogP contribution in [0.2, 0.25) is 5.02 Å². The molecule has 1 aromatic heterocycles. The first-order valence-electron chi connectivity index (χ1n) is 14.2. The van der Waals surface area contributed by atoms with Crippen LogP contribution in [0.25, 0.3) is 10.1 Å². The molecule has 0 bridgehead atoms. The lowest BCUT2D eigenvalue weighted by atomic mass is 10.0. The zero-order valence-electron chi connectivity index (χ0n) is 25.2. The number of hydrogen-bond acceptors (Lipinski definition) is 10. The van der Waals surface area contributed by atoms with Crippen LogP contribution in [0.4, 0.5) is 4.39 Å². The topological polar surface area (TPSA) is 152 Å². The fourth-order valence-electron chi connectivity index (χ4n) is 4.96. The molecular weight excluding hydrogens is 633 g/mol. The Balaban J connectivity index is 1.40. The van der Waals surface area contributed by atoms with E-state index in [-0.39, 0.29) is 67.0 Å². The van der Waals surface area contributed by atoms with Gasteiger partial charge in [-0.1, -0.05) is 25.4 Å². The van der Waals surface area contributed by atoms with Gasteiger partial charge in [-0.3, -0.25) is 19.3 Å². The van der Waals surface area contributed by atoms with Gasteiger partial charge < -0.3 is 34.3 Å². The van der Waals surface area contributed by atoms with E-state index in [2.05, 4.69) is 0 Å². The Morgan fingerprint density at radius 2 is 1.62 bits per heavy atom. The molecule has 0 radical (unpaired) electrons. The van der Waals surface area contributed by atoms with E-state index in [1.54, 1.807) is 23.1 Å². The minimum absolute atomic E-state index is 0.0224. The molecule has 0 saturated carbocycles. The Labute approximate surface area is 268 Å². The molecule has 3 atom stereocenters. The minimum atomic E-state index is -1.11. The van der Waals surface area contributed by atoms with E-state index in [0.717, 1.165) is 10.1 Å². The molecule has 3 N–H and O–H groups in total. The second-order valence-electron chi connectivity index (χ2n) is 10.9. The maximum absolute atomic E-state index is 15.7. The maximum Gasteiger partial charge on any atom is 0.306 e. The molecule has 244 valence electrons. The summed E-state index contributed by atoms with van der Waals surface area (Å²) in [5.41, 5.74) is 0.694. The molecule has 2 heterocycles. The van der Waals surface area contributed by atoms with E-state index in [9.17, 15) is 19.5 Å². The Morgan fingerprint density at radius 3 is 2.27 bits per heavy atom. The number of carboxylic acids is 2. The van der Waals surface area contributed by atoms with Crippen LogP contribution < -0.4 is 18.9 Å². The van der Waals surface area contributed by atoms with Gasteiger partial charge in [0.15, 0.2) is 34.6 Å². The third-order valence-electron chi connectivity index (χ3n) is 7.62. The van der Waals surface area contributed by atoms with Gasteiger partial charge in [0.1, 0.15) is 6.23 Å². The van der Waals surface area contributed by atoms with Crippen molar-refractivity contribution in [2.24, 2.45) is 11.8 Å². The van der Waals surface area contributed by atoms with Crippen molar-refractivity contribution in [3.8, 4) is 23.0 Å². The van der Waals surface area contributed by atoms with Crippen LogP contribution in [0, 0.1) is 17.7 Å². The SMILES string of the molecule is COc1cc2sc(C(=O)C[C@H](C)C(=O)O)cc2cc1OCCCOc1c(F)c2c(c(Cl)c1OC)CN(C(O)C[C@H](C)C(=O)O)C2. The van der Waals surface area contributed by atoms with E-state index in [4.69, 9.17) is 40.8 Å². The van der Waals surface area contributed by atoms with Crippen molar-refractivity contribution in [1.29, 1.82) is 0 Å². The number of Topliss-reactive ketones (excluding diaryl/α,β-unsaturated/α-hetero) is 1. The summed E-state index contributed by atoms with van der Waals surface area (Å²) in [6.45, 7) is 3.35. The van der Waals surface area contributed by atoms with E-state index in [1.165, 1.54) is 39.4 Å². The molecule has 0 aliphatic carbocycles. The Bertz CT molecular complexity index is 1590. The first-order valence-corrected chi connectivity index (χ1v) is 15.4. The fraction of sp³-hybridized carbons (Fsp3) is 0.452. The average molecular weight is 668 g/mol. The number of ether oxygens (including phenoxy) is 4. The molecule has 0 saturated heterocycles. The van der Waals surface area contributed by atoms with Gasteiger partial charge in [-0.05, 0) is 29.5 Å². The number of aliphatic hydroxyl groups is 1. The quantitative estimate of drug-likeness (QED) is 0.129. The van der Waals surface area contributed by atoms with Crippen LogP contribution in [0.15, 0.2) is 18.2 Å². The number of benzene rings is 2. The number of thiophene rings is 1. The van der Waals surface area contributed by atoms with Crippen molar-refractivity contribution in [3.05, 3.63) is 45.0 Å². The standard InChI is InChI=1S/C31H35ClFNO10S/c1-15(30(37)38)8-20(35)24-11-17-10-22(21(41-3)12-23(17)45-24)43-6-5-7-44-29-27(33)19-14-34(25(36)9-16(2)31(39)40)13-18(19)26(32)28(29)42-4/h10-12,15-16,25,36H,5-9,13-14H2,1-4H3,(H,37,38)(H,39,40)/t15-,16-,25?/m0/s1. The van der Waals surface area contributed by atoms with E-state index >= 15 is 4.39 Å². The van der Waals surface area contributed by atoms with Crippen molar-refractivity contribution in [2.45, 2.75) is 52.4 Å². The molecule has 0 amide bonds. The number of carbonyl (C=O) groups excluding carboxylic acids is 1. The summed E-state index contributed by atoms with van der Waals surface area (Å²) < 4.78 is 39.0. The molecule has 0 fully saturated rings. The van der Waals surface area contributed by atoms with Gasteiger partial charge in [-0.25, -0.2) is 4.39 Å². The highest BCUT2D eigenvalue weighted by Gasteiger charge is 2.35. The zero-order chi connectivity index (χ0) is 33.0. The molecule has 4 rings (SSSR count). The highest BCUT2D eigenvalue weighted by molar-refractivity contribution is 7.20. The molecule has 45 heavy (non-hydrogen) atoms. The third-order valence-corrected chi connectivity index (χ3v) is 9.15. The lowest BCUT2D eigenvalue weighted by Gasteiger charge is -2.23. The molecule has 3 aromatic rings. The molecule has 1 unspecified atom stereocenters. The predicted octanol–water partition coefficient (Wildman–Crippen LogP) is 5.60. The number of rotatable bonds is 16. The lowest BCUT2D eigenvalue weighted by Crippen LogP contribution is -2.33. The van der Waals surface area contributed by atoms with Crippen LogP contribution in [0.5, 0.6) is 23.0 Å². The van der Waals surface area contributed by atoms with Crippen LogP contribution in [0.1, 0.15) is 53.9 Å². The molecule has 1 aliphatic heterocycles. The molecule has 0 spiro atoms. The number of aliphatic hydroxyl groups excluding tert-OH is 1. The molecular formula is C31H35ClFNO10S. The number of fused-ring (bicyclic) bond motifs is 2. The van der Waals surface area contributed by atoms with Gasteiger partial charge >= 0.3 is 11.9 Å². The van der Waals surface area contributed by atoms with E-state index in [0.29, 0.717) is 28.4 Å². The van der Waals surface area contributed by atoms with E-state index in [1.807, 2.05) is 0 Å². The number of aliphatic carboxylic acids is 2. The largest absolute Gasteiger partial charge is 0.493 e. The first-order chi connectivity index (χ1) is 21.4. The van der Waals surface area contributed by atoms with Crippen molar-refractivity contribution >= 4 is 50.7 Å². The summed E-state index contributed by atoms with van der Waals surface area (Å²) in [4.78, 5) is 36.9. The molecule has 1 aliphatic rings. The monoisotopic (exact) mass is 667 g/mol. The normalized spacial score (nSPS) is 14.9. The Morgan fingerprint density at radius 1 is 0.956 bits per heavy atom. The zero-order valence-corrected chi connectivity index (χ0v) is 26.8. The van der Waals surface area contributed by atoms with Crippen LogP contribution in [-0.2, 0) is 22.7 Å². The van der Waals surface area contributed by atoms with Gasteiger partial charge in [0.05, 0.1) is 49.2 Å². The van der Waals surface area contributed by atoms with Gasteiger partial charge in [0.2, 0.25) is 0 Å². The summed E-state index contributed by atoms with van der Waals surface area (Å²) in [6, 6.07) is 5.19. The first kappa shape index (κ1) is 34.2. The summed E-state index contributed by atoms with van der Waals surface area (Å²) >= 11 is 7.81. The van der Waals surface area contributed by atoms with Gasteiger partial charge in [-0.2, -0.15) is 0 Å². The van der Waals surface area contributed by atoms with Crippen LogP contribution >= 0.6 is 22.9 Å². The Kier molecular flexibility index (Phi) is 11.1. The number of carbonyl (C=O) groups is 3. The fourth-order valence-corrected chi connectivity index (χ4v) is 6.32. The molecule has 2 aromatic carbocycles. The van der Waals surface area contributed by atoms with Crippen molar-refractivity contribution in [3.63, 3.8) is 0 Å². The second-order valence-corrected chi connectivity index (χ2v) is 12.3. The van der Waals surface area contributed by atoms with Gasteiger partial charge in [0.25, 0.3) is 0 Å². The van der Waals surface area contributed by atoms with Gasteiger partial charge in [-0.15, -0.1) is 11.3 Å². The highest BCUT2D eigenvalue weighted by Crippen LogP contribution is 2.46. The number of halogens is 2. The lowest BCUT2D eigenvalue weighted by molar-refractivity contribution is -0.143. The number of methoxy groups -OCH3 is 2. The van der Waals surface area contributed by atoms with Crippen LogP contribution in [0.3, 0.4) is 0 Å². The van der Waals surface area contributed by atoms with Crippen molar-refractivity contribution in [2.75, 3.05) is 27.4 Å². The maximum atomic E-state index is 15.7.